The highest BCUT2D eigenvalue weighted by atomic mass is 16.7. The highest BCUT2D eigenvalue weighted by Crippen LogP contribution is 2.36. The molecule has 1 heterocycles. The van der Waals surface area contributed by atoms with Crippen LogP contribution < -0.4 is 0 Å². The Balaban J connectivity index is 1.98. The predicted molar refractivity (Wildman–Crippen MR) is 46.8 cm³/mol. The SMILES string of the molecule is CC1OCC2(CC=CCC2)CO1. The normalized spacial score (nSPS) is 41.9. The third kappa shape index (κ3) is 1.54. The average molecular weight is 168 g/mol. The number of hydrogen-bond acceptors (Lipinski definition) is 2. The molecular weight excluding hydrogens is 152 g/mol. The van der Waals surface area contributed by atoms with Gasteiger partial charge in [-0.1, -0.05) is 12.2 Å². The summed E-state index contributed by atoms with van der Waals surface area (Å²) in [5, 5.41) is 0. The van der Waals surface area contributed by atoms with E-state index in [2.05, 4.69) is 12.2 Å². The molecule has 2 heteroatoms. The maximum atomic E-state index is 5.52. The molecule has 1 aliphatic carbocycles. The first-order chi connectivity index (χ1) is 5.81. The van der Waals surface area contributed by atoms with Crippen LogP contribution in [0.5, 0.6) is 0 Å². The Morgan fingerprint density at radius 1 is 1.25 bits per heavy atom. The Bertz CT molecular complexity index is 178. The largest absolute Gasteiger partial charge is 0.352 e. The van der Waals surface area contributed by atoms with Crippen LogP contribution in [-0.2, 0) is 9.47 Å². The van der Waals surface area contributed by atoms with Crippen molar-refractivity contribution in [1.82, 2.24) is 0 Å². The van der Waals surface area contributed by atoms with Gasteiger partial charge in [0.25, 0.3) is 0 Å². The lowest BCUT2D eigenvalue weighted by Gasteiger charge is -2.39. The molecule has 0 aromatic heterocycles. The van der Waals surface area contributed by atoms with Gasteiger partial charge in [0.2, 0.25) is 0 Å². The van der Waals surface area contributed by atoms with Crippen molar-refractivity contribution >= 4 is 0 Å². The van der Waals surface area contributed by atoms with E-state index in [9.17, 15) is 0 Å². The molecule has 0 unspecified atom stereocenters. The van der Waals surface area contributed by atoms with Gasteiger partial charge in [0.15, 0.2) is 6.29 Å². The van der Waals surface area contributed by atoms with Gasteiger partial charge in [0.05, 0.1) is 13.2 Å². The molecule has 0 bridgehead atoms. The molecule has 68 valence electrons. The number of allylic oxidation sites excluding steroid dienone is 2. The van der Waals surface area contributed by atoms with Crippen LogP contribution in [0.3, 0.4) is 0 Å². The molecule has 0 N–H and O–H groups in total. The van der Waals surface area contributed by atoms with Crippen molar-refractivity contribution in [1.29, 1.82) is 0 Å². The summed E-state index contributed by atoms with van der Waals surface area (Å²) in [6.45, 7) is 3.71. The minimum Gasteiger partial charge on any atom is -0.352 e. The fourth-order valence-corrected chi connectivity index (χ4v) is 1.88. The van der Waals surface area contributed by atoms with Gasteiger partial charge in [-0.05, 0) is 26.2 Å². The second-order valence-electron chi connectivity index (χ2n) is 3.90. The van der Waals surface area contributed by atoms with Crippen molar-refractivity contribution in [2.24, 2.45) is 5.41 Å². The highest BCUT2D eigenvalue weighted by molar-refractivity contribution is 4.98. The van der Waals surface area contributed by atoms with Crippen molar-refractivity contribution in [2.45, 2.75) is 32.5 Å². The van der Waals surface area contributed by atoms with E-state index in [1.165, 1.54) is 12.8 Å². The molecule has 2 nitrogen and oxygen atoms in total. The average Bonchev–Trinajstić information content (AvgIpc) is 2.13. The van der Waals surface area contributed by atoms with Gasteiger partial charge >= 0.3 is 0 Å². The van der Waals surface area contributed by atoms with E-state index in [-0.39, 0.29) is 6.29 Å². The first-order valence-corrected chi connectivity index (χ1v) is 4.69. The molecule has 0 aromatic rings. The van der Waals surface area contributed by atoms with Crippen LogP contribution in [0.2, 0.25) is 0 Å². The summed E-state index contributed by atoms with van der Waals surface area (Å²) >= 11 is 0. The second kappa shape index (κ2) is 3.19. The Morgan fingerprint density at radius 3 is 2.58 bits per heavy atom. The maximum Gasteiger partial charge on any atom is 0.154 e. The molecule has 2 rings (SSSR count). The molecule has 1 aliphatic heterocycles. The lowest BCUT2D eigenvalue weighted by molar-refractivity contribution is -0.222. The quantitative estimate of drug-likeness (QED) is 0.516. The van der Waals surface area contributed by atoms with Gasteiger partial charge in [-0.3, -0.25) is 0 Å². The van der Waals surface area contributed by atoms with E-state index in [1.54, 1.807) is 0 Å². The van der Waals surface area contributed by atoms with E-state index in [4.69, 9.17) is 9.47 Å². The summed E-state index contributed by atoms with van der Waals surface area (Å²) in [5.74, 6) is 0. The van der Waals surface area contributed by atoms with Crippen molar-refractivity contribution < 1.29 is 9.47 Å². The van der Waals surface area contributed by atoms with Crippen LogP contribution in [0.15, 0.2) is 12.2 Å². The van der Waals surface area contributed by atoms with E-state index in [0.717, 1.165) is 19.6 Å². The molecule has 0 atom stereocenters. The fraction of sp³-hybridized carbons (Fsp3) is 0.800. The first kappa shape index (κ1) is 8.27. The number of rotatable bonds is 0. The van der Waals surface area contributed by atoms with Gasteiger partial charge < -0.3 is 9.47 Å². The van der Waals surface area contributed by atoms with Crippen molar-refractivity contribution in [2.75, 3.05) is 13.2 Å². The molecule has 2 aliphatic rings. The molecule has 0 aromatic carbocycles. The number of ether oxygens (including phenoxy) is 2. The van der Waals surface area contributed by atoms with Crippen LogP contribution in [0.1, 0.15) is 26.2 Å². The minimum absolute atomic E-state index is 0.00142. The maximum absolute atomic E-state index is 5.52. The molecule has 1 fully saturated rings. The van der Waals surface area contributed by atoms with E-state index < -0.39 is 0 Å². The lowest BCUT2D eigenvalue weighted by Crippen LogP contribution is -2.41. The van der Waals surface area contributed by atoms with Crippen LogP contribution >= 0.6 is 0 Å². The van der Waals surface area contributed by atoms with E-state index >= 15 is 0 Å². The zero-order valence-electron chi connectivity index (χ0n) is 7.58. The first-order valence-electron chi connectivity index (χ1n) is 4.69. The van der Waals surface area contributed by atoms with Gasteiger partial charge in [-0.15, -0.1) is 0 Å². The van der Waals surface area contributed by atoms with Gasteiger partial charge in [-0.25, -0.2) is 0 Å². The van der Waals surface area contributed by atoms with Gasteiger partial charge in [-0.2, -0.15) is 0 Å². The summed E-state index contributed by atoms with van der Waals surface area (Å²) < 4.78 is 11.0. The van der Waals surface area contributed by atoms with Gasteiger partial charge in [0, 0.05) is 5.41 Å². The van der Waals surface area contributed by atoms with Crippen molar-refractivity contribution in [3.8, 4) is 0 Å². The fourth-order valence-electron chi connectivity index (χ4n) is 1.88. The molecule has 0 radical (unpaired) electrons. The third-order valence-corrected chi connectivity index (χ3v) is 2.81. The molecule has 1 spiro atoms. The zero-order chi connectivity index (χ0) is 8.44. The second-order valence-corrected chi connectivity index (χ2v) is 3.90. The zero-order valence-corrected chi connectivity index (χ0v) is 7.58. The van der Waals surface area contributed by atoms with Gasteiger partial charge in [0.1, 0.15) is 0 Å². The smallest absolute Gasteiger partial charge is 0.154 e. The molecule has 12 heavy (non-hydrogen) atoms. The van der Waals surface area contributed by atoms with Crippen LogP contribution in [0.4, 0.5) is 0 Å². The molecule has 0 amide bonds. The van der Waals surface area contributed by atoms with E-state index in [0.29, 0.717) is 5.41 Å². The Morgan fingerprint density at radius 2 is 2.00 bits per heavy atom. The van der Waals surface area contributed by atoms with E-state index in [1.807, 2.05) is 6.92 Å². The minimum atomic E-state index is 0.00142. The molecule has 1 saturated heterocycles. The summed E-state index contributed by atoms with van der Waals surface area (Å²) in [6.07, 6.45) is 8.04. The standard InChI is InChI=1S/C10H16O2/c1-9-11-7-10(8-12-9)5-3-2-4-6-10/h2-3,9H,4-8H2,1H3. The Hall–Kier alpha value is -0.340. The van der Waals surface area contributed by atoms with Crippen LogP contribution in [0, 0.1) is 5.41 Å². The summed E-state index contributed by atoms with van der Waals surface area (Å²) in [6, 6.07) is 0. The topological polar surface area (TPSA) is 18.5 Å². The Kier molecular flexibility index (Phi) is 2.20. The van der Waals surface area contributed by atoms with Crippen LogP contribution in [-0.4, -0.2) is 19.5 Å². The number of hydrogen-bond donors (Lipinski definition) is 0. The lowest BCUT2D eigenvalue weighted by atomic mass is 9.78. The molecule has 0 saturated carbocycles. The molecular formula is C10H16O2. The summed E-state index contributed by atoms with van der Waals surface area (Å²) in [5.41, 5.74) is 0.307. The highest BCUT2D eigenvalue weighted by Gasteiger charge is 2.35. The predicted octanol–water partition coefficient (Wildman–Crippen LogP) is 2.11. The summed E-state index contributed by atoms with van der Waals surface area (Å²) in [4.78, 5) is 0. The van der Waals surface area contributed by atoms with Crippen molar-refractivity contribution in [3.63, 3.8) is 0 Å². The monoisotopic (exact) mass is 168 g/mol. The summed E-state index contributed by atoms with van der Waals surface area (Å²) in [7, 11) is 0. The Labute approximate surface area is 73.5 Å². The third-order valence-electron chi connectivity index (χ3n) is 2.81. The van der Waals surface area contributed by atoms with Crippen molar-refractivity contribution in [3.05, 3.63) is 12.2 Å². The van der Waals surface area contributed by atoms with Crippen LogP contribution in [0.25, 0.3) is 0 Å².